The number of thiophene rings is 1. The lowest BCUT2D eigenvalue weighted by atomic mass is 9.78. The molecule has 3 N–H and O–H groups in total. The molecule has 2 atom stereocenters. The van der Waals surface area contributed by atoms with Crippen LogP contribution in [0.1, 0.15) is 54.6 Å². The minimum absolute atomic E-state index is 0.00660. The minimum Gasteiger partial charge on any atom is -0.477 e. The largest absolute Gasteiger partial charge is 0.477 e. The Balaban J connectivity index is 1.76. The quantitative estimate of drug-likeness (QED) is 0.793. The number of piperidine rings is 1. The van der Waals surface area contributed by atoms with Crippen molar-refractivity contribution in [3.63, 3.8) is 0 Å². The lowest BCUT2D eigenvalue weighted by Crippen LogP contribution is -2.54. The van der Waals surface area contributed by atoms with Crippen LogP contribution < -0.4 is 10.6 Å². The predicted molar refractivity (Wildman–Crippen MR) is 112 cm³/mol. The van der Waals surface area contributed by atoms with E-state index in [4.69, 9.17) is 5.73 Å². The molecule has 0 spiro atoms. The second kappa shape index (κ2) is 8.05. The zero-order chi connectivity index (χ0) is 19.7. The van der Waals surface area contributed by atoms with Gasteiger partial charge in [-0.1, -0.05) is 49.6 Å². The van der Waals surface area contributed by atoms with Crippen LogP contribution in [0.4, 0.5) is 5.69 Å². The number of benzene rings is 1. The van der Waals surface area contributed by atoms with Crippen LogP contribution in [0.15, 0.2) is 36.4 Å². The van der Waals surface area contributed by atoms with Gasteiger partial charge < -0.3 is 15.7 Å². The number of nitrogens with two attached hydrogens (primary N) is 1. The molecule has 2 aliphatic rings. The van der Waals surface area contributed by atoms with E-state index in [9.17, 15) is 14.7 Å². The Bertz CT molecular complexity index is 858. The van der Waals surface area contributed by atoms with E-state index in [2.05, 4.69) is 0 Å². The maximum atomic E-state index is 13.0. The molecule has 1 saturated carbocycles. The van der Waals surface area contributed by atoms with Crippen molar-refractivity contribution in [2.45, 2.75) is 57.0 Å². The highest BCUT2D eigenvalue weighted by atomic mass is 32.1. The lowest BCUT2D eigenvalue weighted by molar-refractivity contribution is -0.121. The van der Waals surface area contributed by atoms with Crippen molar-refractivity contribution in [3.8, 4) is 10.4 Å². The summed E-state index contributed by atoms with van der Waals surface area (Å²) in [4.78, 5) is 27.9. The summed E-state index contributed by atoms with van der Waals surface area (Å²) in [6, 6.07) is 11.5. The summed E-state index contributed by atoms with van der Waals surface area (Å²) in [5, 5.41) is 9.84. The number of aromatic carboxylic acids is 1. The summed E-state index contributed by atoms with van der Waals surface area (Å²) < 4.78 is 0. The second-order valence-electron chi connectivity index (χ2n) is 7.93. The highest BCUT2D eigenvalue weighted by Crippen LogP contribution is 2.42. The third-order valence-electron chi connectivity index (χ3n) is 6.00. The summed E-state index contributed by atoms with van der Waals surface area (Å²) in [6.07, 6.45) is 6.76. The van der Waals surface area contributed by atoms with Crippen LogP contribution in [-0.4, -0.2) is 29.1 Å². The maximum Gasteiger partial charge on any atom is 0.348 e. The Morgan fingerprint density at radius 3 is 2.54 bits per heavy atom. The molecule has 2 fully saturated rings. The van der Waals surface area contributed by atoms with Gasteiger partial charge in [-0.25, -0.2) is 4.79 Å². The Morgan fingerprint density at radius 1 is 1.14 bits per heavy atom. The first-order valence-electron chi connectivity index (χ1n) is 10.0. The second-order valence-corrected chi connectivity index (χ2v) is 8.98. The Hall–Kier alpha value is -2.18. The third-order valence-corrected chi connectivity index (χ3v) is 7.16. The van der Waals surface area contributed by atoms with E-state index in [1.54, 1.807) is 4.90 Å². The van der Waals surface area contributed by atoms with Crippen molar-refractivity contribution < 1.29 is 14.7 Å². The van der Waals surface area contributed by atoms with Crippen LogP contribution in [0.3, 0.4) is 0 Å². The fourth-order valence-electron chi connectivity index (χ4n) is 4.70. The molecule has 4 rings (SSSR count). The first-order valence-corrected chi connectivity index (χ1v) is 10.9. The average molecular weight is 399 g/mol. The first-order chi connectivity index (χ1) is 13.5. The number of anilines is 1. The van der Waals surface area contributed by atoms with Crippen molar-refractivity contribution in [3.05, 3.63) is 41.3 Å². The monoisotopic (exact) mass is 398 g/mol. The first kappa shape index (κ1) is 19.2. The molecular weight excluding hydrogens is 372 g/mol. The van der Waals surface area contributed by atoms with E-state index < -0.39 is 5.97 Å². The smallest absolute Gasteiger partial charge is 0.348 e. The molecule has 1 aliphatic carbocycles. The summed E-state index contributed by atoms with van der Waals surface area (Å²) in [6.45, 7) is 0. The molecule has 1 aromatic carbocycles. The Kier molecular flexibility index (Phi) is 5.51. The Labute approximate surface area is 169 Å². The van der Waals surface area contributed by atoms with Gasteiger partial charge in [0.1, 0.15) is 4.88 Å². The molecular formula is C22H26N2O3S. The molecule has 2 heterocycles. The normalized spacial score (nSPS) is 23.8. The average Bonchev–Trinajstić information content (AvgIpc) is 3.14. The summed E-state index contributed by atoms with van der Waals surface area (Å²) in [5.74, 6) is -0.632. The van der Waals surface area contributed by atoms with Gasteiger partial charge in [0.25, 0.3) is 0 Å². The predicted octanol–water partition coefficient (Wildman–Crippen LogP) is 4.52. The van der Waals surface area contributed by atoms with Crippen molar-refractivity contribution >= 4 is 28.9 Å². The molecule has 1 aromatic heterocycles. The fourth-order valence-corrected chi connectivity index (χ4v) is 5.69. The number of nitrogens with zero attached hydrogens (tertiary/aromatic N) is 1. The summed E-state index contributed by atoms with van der Waals surface area (Å²) in [7, 11) is 0. The van der Waals surface area contributed by atoms with Gasteiger partial charge in [0, 0.05) is 23.4 Å². The fraction of sp³-hybridized carbons (Fsp3) is 0.455. The van der Waals surface area contributed by atoms with E-state index in [0.29, 0.717) is 11.6 Å². The van der Waals surface area contributed by atoms with E-state index in [1.807, 2.05) is 36.4 Å². The van der Waals surface area contributed by atoms with E-state index in [-0.39, 0.29) is 29.3 Å². The van der Waals surface area contributed by atoms with E-state index >= 15 is 0 Å². The third kappa shape index (κ3) is 3.71. The SMILES string of the molecule is NC1CC(=O)N(c2cc(-c3ccccc3)sc2C(=O)O)C(C2CCCCC2)C1. The van der Waals surface area contributed by atoms with Gasteiger partial charge >= 0.3 is 5.97 Å². The van der Waals surface area contributed by atoms with E-state index in [1.165, 1.54) is 30.6 Å². The van der Waals surface area contributed by atoms with Crippen molar-refractivity contribution in [1.82, 2.24) is 0 Å². The van der Waals surface area contributed by atoms with Crippen LogP contribution in [0.5, 0.6) is 0 Å². The van der Waals surface area contributed by atoms with Crippen molar-refractivity contribution in [2.24, 2.45) is 11.7 Å². The van der Waals surface area contributed by atoms with Crippen LogP contribution in [0.2, 0.25) is 0 Å². The molecule has 5 nitrogen and oxygen atoms in total. The number of carboxylic acids is 1. The number of hydrogen-bond donors (Lipinski definition) is 2. The molecule has 0 radical (unpaired) electrons. The molecule has 1 amide bonds. The highest BCUT2D eigenvalue weighted by molar-refractivity contribution is 7.18. The van der Waals surface area contributed by atoms with Gasteiger partial charge in [0.2, 0.25) is 5.91 Å². The lowest BCUT2D eigenvalue weighted by Gasteiger charge is -2.43. The maximum absolute atomic E-state index is 13.0. The molecule has 0 bridgehead atoms. The van der Waals surface area contributed by atoms with Gasteiger partial charge in [-0.05, 0) is 36.8 Å². The van der Waals surface area contributed by atoms with E-state index in [0.717, 1.165) is 29.7 Å². The Morgan fingerprint density at radius 2 is 1.86 bits per heavy atom. The zero-order valence-electron chi connectivity index (χ0n) is 15.8. The summed E-state index contributed by atoms with van der Waals surface area (Å²) in [5.41, 5.74) is 7.71. The van der Waals surface area contributed by atoms with Crippen molar-refractivity contribution in [2.75, 3.05) is 4.90 Å². The summed E-state index contributed by atoms with van der Waals surface area (Å²) >= 11 is 1.24. The molecule has 2 aromatic rings. The molecule has 1 aliphatic heterocycles. The van der Waals surface area contributed by atoms with Crippen LogP contribution in [0, 0.1) is 5.92 Å². The van der Waals surface area contributed by atoms with Crippen LogP contribution in [0.25, 0.3) is 10.4 Å². The number of carbonyl (C=O) groups is 2. The number of rotatable bonds is 4. The zero-order valence-corrected chi connectivity index (χ0v) is 16.7. The number of hydrogen-bond acceptors (Lipinski definition) is 4. The molecule has 28 heavy (non-hydrogen) atoms. The standard InChI is InChI=1S/C22H26N2O3S/c23-16-11-17(14-7-3-1-4-8-14)24(20(25)12-16)18-13-19(28-21(18)22(26)27)15-9-5-2-6-10-15/h2,5-6,9-10,13-14,16-17H,1,3-4,7-8,11-12,23H2,(H,26,27). The van der Waals surface area contributed by atoms with Crippen LogP contribution in [-0.2, 0) is 4.79 Å². The minimum atomic E-state index is -0.979. The molecule has 6 heteroatoms. The van der Waals surface area contributed by atoms with Gasteiger partial charge in [0.05, 0.1) is 5.69 Å². The van der Waals surface area contributed by atoms with Gasteiger partial charge in [0.15, 0.2) is 0 Å². The topological polar surface area (TPSA) is 83.6 Å². The molecule has 2 unspecified atom stereocenters. The molecule has 1 saturated heterocycles. The van der Waals surface area contributed by atoms with Gasteiger partial charge in [-0.3, -0.25) is 4.79 Å². The van der Waals surface area contributed by atoms with Gasteiger partial charge in [-0.15, -0.1) is 11.3 Å². The number of carbonyl (C=O) groups excluding carboxylic acids is 1. The van der Waals surface area contributed by atoms with Crippen LogP contribution >= 0.6 is 11.3 Å². The van der Waals surface area contributed by atoms with Gasteiger partial charge in [-0.2, -0.15) is 0 Å². The number of carboxylic acid groups (broad SMARTS) is 1. The highest BCUT2D eigenvalue weighted by Gasteiger charge is 2.40. The number of amides is 1. The van der Waals surface area contributed by atoms with Crippen molar-refractivity contribution in [1.29, 1.82) is 0 Å². The molecule has 148 valence electrons.